The van der Waals surface area contributed by atoms with Crippen LogP contribution >= 0.6 is 0 Å². The van der Waals surface area contributed by atoms with Crippen molar-refractivity contribution in [2.24, 2.45) is 11.3 Å². The van der Waals surface area contributed by atoms with Crippen LogP contribution in [-0.2, 0) is 19.1 Å². The Balaban J connectivity index is 1.82. The molecule has 0 aromatic rings. The van der Waals surface area contributed by atoms with Crippen LogP contribution in [0.3, 0.4) is 0 Å². The fraction of sp³-hybridized carbons (Fsp3) is 0.714. The molecule has 2 atom stereocenters. The van der Waals surface area contributed by atoms with E-state index in [1.807, 2.05) is 6.08 Å². The smallest absolute Gasteiger partial charge is 0.344 e. The monoisotopic (exact) mass is 252 g/mol. The van der Waals surface area contributed by atoms with Crippen molar-refractivity contribution < 1.29 is 19.1 Å². The van der Waals surface area contributed by atoms with E-state index in [-0.39, 0.29) is 12.6 Å². The number of ether oxygens (including phenoxy) is 2. The first-order valence-corrected chi connectivity index (χ1v) is 6.39. The summed E-state index contributed by atoms with van der Waals surface area (Å²) < 4.78 is 10.2. The molecular weight excluding hydrogens is 232 g/mol. The van der Waals surface area contributed by atoms with Crippen molar-refractivity contribution in [3.63, 3.8) is 0 Å². The zero-order chi connectivity index (χ0) is 13.4. The van der Waals surface area contributed by atoms with Crippen LogP contribution < -0.4 is 0 Å². The van der Waals surface area contributed by atoms with Crippen molar-refractivity contribution in [2.75, 3.05) is 6.61 Å². The average molecular weight is 252 g/mol. The topological polar surface area (TPSA) is 52.6 Å². The summed E-state index contributed by atoms with van der Waals surface area (Å²) in [6.45, 7) is 5.06. The Bertz CT molecular complexity index is 391. The lowest BCUT2D eigenvalue weighted by atomic mass is 9.88. The van der Waals surface area contributed by atoms with Gasteiger partial charge in [-0.1, -0.05) is 12.2 Å². The molecule has 4 heteroatoms. The molecule has 18 heavy (non-hydrogen) atoms. The van der Waals surface area contributed by atoms with Gasteiger partial charge in [0.1, 0.15) is 5.60 Å². The van der Waals surface area contributed by atoms with E-state index in [1.54, 1.807) is 20.8 Å². The van der Waals surface area contributed by atoms with Crippen molar-refractivity contribution >= 4 is 11.9 Å². The van der Waals surface area contributed by atoms with Crippen LogP contribution in [0.1, 0.15) is 40.0 Å². The Morgan fingerprint density at radius 1 is 1.39 bits per heavy atom. The highest BCUT2D eigenvalue weighted by atomic mass is 16.6. The van der Waals surface area contributed by atoms with E-state index in [1.165, 1.54) is 0 Å². The third-order valence-electron chi connectivity index (χ3n) is 3.42. The summed E-state index contributed by atoms with van der Waals surface area (Å²) in [5.74, 6) is -0.271. The highest BCUT2D eigenvalue weighted by molar-refractivity contribution is 5.83. The van der Waals surface area contributed by atoms with E-state index < -0.39 is 17.0 Å². The predicted octanol–water partition coefficient (Wildman–Crippen LogP) is 2.23. The van der Waals surface area contributed by atoms with Gasteiger partial charge in [-0.25, -0.2) is 4.79 Å². The molecule has 2 unspecified atom stereocenters. The molecule has 100 valence electrons. The van der Waals surface area contributed by atoms with Gasteiger partial charge in [0.2, 0.25) is 0 Å². The largest absolute Gasteiger partial charge is 0.457 e. The third kappa shape index (κ3) is 2.74. The maximum atomic E-state index is 12.0. The van der Waals surface area contributed by atoms with Crippen molar-refractivity contribution in [3.8, 4) is 0 Å². The molecule has 0 N–H and O–H groups in total. The van der Waals surface area contributed by atoms with Crippen molar-refractivity contribution in [1.29, 1.82) is 0 Å². The zero-order valence-corrected chi connectivity index (χ0v) is 11.2. The highest BCUT2D eigenvalue weighted by Crippen LogP contribution is 2.49. The van der Waals surface area contributed by atoms with E-state index >= 15 is 0 Å². The average Bonchev–Trinajstić information content (AvgIpc) is 2.84. The van der Waals surface area contributed by atoms with Crippen LogP contribution in [0.5, 0.6) is 0 Å². The second-order valence-corrected chi connectivity index (χ2v) is 6.18. The number of hydrogen-bond acceptors (Lipinski definition) is 4. The van der Waals surface area contributed by atoms with Gasteiger partial charge in [0.05, 0.1) is 5.41 Å². The Morgan fingerprint density at radius 2 is 2.11 bits per heavy atom. The molecule has 2 rings (SSSR count). The minimum Gasteiger partial charge on any atom is -0.457 e. The van der Waals surface area contributed by atoms with E-state index in [2.05, 4.69) is 6.08 Å². The number of carbonyl (C=O) groups is 2. The minimum absolute atomic E-state index is 0.287. The fourth-order valence-electron chi connectivity index (χ4n) is 2.64. The SMILES string of the molecule is CC(C)(C)OC(=O)COC(=O)C12C=CC(CC1)C2. The van der Waals surface area contributed by atoms with Gasteiger partial charge >= 0.3 is 11.9 Å². The summed E-state index contributed by atoms with van der Waals surface area (Å²) in [6.07, 6.45) is 6.73. The number of carbonyl (C=O) groups excluding carboxylic acids is 2. The standard InChI is InChI=1S/C14H20O4/c1-13(2,3)18-11(15)9-17-12(16)14-6-4-10(8-14)5-7-14/h4,6,10H,5,7-9H2,1-3H3. The van der Waals surface area contributed by atoms with Crippen LogP contribution in [-0.4, -0.2) is 24.1 Å². The quantitative estimate of drug-likeness (QED) is 0.571. The summed E-state index contributed by atoms with van der Waals surface area (Å²) in [7, 11) is 0. The number of esters is 2. The Labute approximate surface area is 107 Å². The molecule has 0 aliphatic heterocycles. The number of rotatable bonds is 3. The lowest BCUT2D eigenvalue weighted by molar-refractivity contribution is -0.169. The molecule has 0 aromatic carbocycles. The van der Waals surface area contributed by atoms with E-state index in [4.69, 9.17) is 9.47 Å². The zero-order valence-electron chi connectivity index (χ0n) is 11.2. The summed E-state index contributed by atoms with van der Waals surface area (Å²) in [5.41, 5.74) is -1.01. The van der Waals surface area contributed by atoms with Gasteiger partial charge < -0.3 is 9.47 Å². The summed E-state index contributed by atoms with van der Waals surface area (Å²) in [6, 6.07) is 0. The lowest BCUT2D eigenvalue weighted by Crippen LogP contribution is -2.32. The van der Waals surface area contributed by atoms with Crippen molar-refractivity contribution in [2.45, 2.75) is 45.6 Å². The molecule has 2 bridgehead atoms. The Morgan fingerprint density at radius 3 is 2.56 bits per heavy atom. The molecular formula is C14H20O4. The van der Waals surface area contributed by atoms with Gasteiger partial charge in [-0.3, -0.25) is 4.79 Å². The summed E-state index contributed by atoms with van der Waals surface area (Å²) in [4.78, 5) is 23.5. The van der Waals surface area contributed by atoms with Gasteiger partial charge in [0.15, 0.2) is 6.61 Å². The number of fused-ring (bicyclic) bond motifs is 2. The first-order valence-electron chi connectivity index (χ1n) is 6.39. The normalized spacial score (nSPS) is 29.4. The first kappa shape index (κ1) is 13.1. The first-order chi connectivity index (χ1) is 8.31. The van der Waals surface area contributed by atoms with Crippen LogP contribution in [0, 0.1) is 11.3 Å². The van der Waals surface area contributed by atoms with Crippen molar-refractivity contribution in [3.05, 3.63) is 12.2 Å². The Kier molecular flexibility index (Phi) is 3.21. The summed E-state index contributed by atoms with van der Waals surface area (Å²) in [5, 5.41) is 0. The molecule has 1 saturated carbocycles. The molecule has 0 radical (unpaired) electrons. The molecule has 2 aliphatic rings. The molecule has 4 nitrogen and oxygen atoms in total. The van der Waals surface area contributed by atoms with E-state index in [9.17, 15) is 9.59 Å². The molecule has 0 saturated heterocycles. The van der Waals surface area contributed by atoms with Crippen LogP contribution in [0.4, 0.5) is 0 Å². The van der Waals surface area contributed by atoms with Gasteiger partial charge in [0.25, 0.3) is 0 Å². The van der Waals surface area contributed by atoms with Gasteiger partial charge in [-0.05, 0) is 46.0 Å². The van der Waals surface area contributed by atoms with Crippen molar-refractivity contribution in [1.82, 2.24) is 0 Å². The fourth-order valence-corrected chi connectivity index (χ4v) is 2.64. The van der Waals surface area contributed by atoms with Crippen LogP contribution in [0.25, 0.3) is 0 Å². The van der Waals surface area contributed by atoms with E-state index in [0.29, 0.717) is 5.92 Å². The molecule has 2 aliphatic carbocycles. The summed E-state index contributed by atoms with van der Waals surface area (Å²) >= 11 is 0. The maximum Gasteiger partial charge on any atom is 0.344 e. The van der Waals surface area contributed by atoms with Gasteiger partial charge in [-0.15, -0.1) is 0 Å². The molecule has 0 heterocycles. The third-order valence-corrected chi connectivity index (χ3v) is 3.42. The highest BCUT2D eigenvalue weighted by Gasteiger charge is 2.47. The van der Waals surface area contributed by atoms with Gasteiger partial charge in [0, 0.05) is 0 Å². The van der Waals surface area contributed by atoms with Crippen LogP contribution in [0.15, 0.2) is 12.2 Å². The molecule has 0 aromatic heterocycles. The Hall–Kier alpha value is -1.32. The second-order valence-electron chi connectivity index (χ2n) is 6.18. The predicted molar refractivity (Wildman–Crippen MR) is 65.7 cm³/mol. The number of allylic oxidation sites excluding steroid dienone is 1. The molecule has 0 spiro atoms. The van der Waals surface area contributed by atoms with E-state index in [0.717, 1.165) is 19.3 Å². The van der Waals surface area contributed by atoms with Crippen LogP contribution in [0.2, 0.25) is 0 Å². The second kappa shape index (κ2) is 4.41. The van der Waals surface area contributed by atoms with Gasteiger partial charge in [-0.2, -0.15) is 0 Å². The number of hydrogen-bond donors (Lipinski definition) is 0. The molecule has 1 fully saturated rings. The molecule has 0 amide bonds. The lowest BCUT2D eigenvalue weighted by Gasteiger charge is -2.22. The maximum absolute atomic E-state index is 12.0. The minimum atomic E-state index is -0.548.